The Labute approximate surface area is 260 Å². The summed E-state index contributed by atoms with van der Waals surface area (Å²) in [4.78, 5) is 8.64. The highest BCUT2D eigenvalue weighted by molar-refractivity contribution is 7.91. The highest BCUT2D eigenvalue weighted by atomic mass is 35.5. The van der Waals surface area contributed by atoms with Crippen LogP contribution in [0.25, 0.3) is 10.9 Å². The second-order valence-corrected chi connectivity index (χ2v) is 13.2. The van der Waals surface area contributed by atoms with Gasteiger partial charge in [-0.15, -0.1) is 0 Å². The number of rotatable bonds is 14. The van der Waals surface area contributed by atoms with E-state index >= 15 is 4.39 Å². The van der Waals surface area contributed by atoms with E-state index in [4.69, 9.17) is 25.8 Å². The lowest BCUT2D eigenvalue weighted by Crippen LogP contribution is -2.28. The van der Waals surface area contributed by atoms with Crippen molar-refractivity contribution in [1.29, 1.82) is 0 Å². The average molecular weight is 644 g/mol. The number of nitrogens with zero attached hydrogens (tertiary/aromatic N) is 2. The third-order valence-corrected chi connectivity index (χ3v) is 9.35. The van der Waals surface area contributed by atoms with Crippen molar-refractivity contribution in [3.63, 3.8) is 0 Å². The molecule has 0 aliphatic carbocycles. The van der Waals surface area contributed by atoms with Crippen molar-refractivity contribution in [2.45, 2.75) is 38.4 Å². The molecule has 3 aromatic carbocycles. The molecule has 0 fully saturated rings. The molecular weight excluding hydrogens is 612 g/mol. The maximum Gasteiger partial charge on any atom is 0.152 e. The van der Waals surface area contributed by atoms with E-state index in [1.807, 2.05) is 13.0 Å². The van der Waals surface area contributed by atoms with Gasteiger partial charge in [0.2, 0.25) is 0 Å². The molecule has 1 N–H and O–H groups in total. The summed E-state index contributed by atoms with van der Waals surface area (Å²) in [6.45, 7) is 2.21. The summed E-state index contributed by atoms with van der Waals surface area (Å²) in [5.74, 6) is 0.0832. The molecule has 0 amide bonds. The molecule has 0 radical (unpaired) electrons. The molecule has 0 saturated heterocycles. The van der Waals surface area contributed by atoms with Crippen LogP contribution in [0.5, 0.6) is 5.75 Å². The zero-order chi connectivity index (χ0) is 31.2. The molecule has 8 nitrogen and oxygen atoms in total. The lowest BCUT2D eigenvalue weighted by Gasteiger charge is -2.30. The van der Waals surface area contributed by atoms with Gasteiger partial charge in [0.1, 0.15) is 41.7 Å². The maximum atomic E-state index is 15.5. The number of aromatic nitrogens is 2. The van der Waals surface area contributed by atoms with Gasteiger partial charge in [0.05, 0.1) is 35.8 Å². The van der Waals surface area contributed by atoms with E-state index in [0.717, 1.165) is 0 Å². The molecule has 0 bridgehead atoms. The average Bonchev–Trinajstić information content (AvgIpc) is 3.46. The van der Waals surface area contributed by atoms with Crippen LogP contribution in [-0.4, -0.2) is 43.1 Å². The largest absolute Gasteiger partial charge is 0.490 e. The smallest absolute Gasteiger partial charge is 0.152 e. The van der Waals surface area contributed by atoms with Crippen LogP contribution in [0.15, 0.2) is 73.3 Å². The summed E-state index contributed by atoms with van der Waals surface area (Å²) in [6.07, 6.45) is 5.96. The topological polar surface area (TPSA) is 99.6 Å². The number of ether oxygens (including phenoxy) is 3. The van der Waals surface area contributed by atoms with Crippen LogP contribution in [0.2, 0.25) is 5.02 Å². The van der Waals surface area contributed by atoms with Crippen molar-refractivity contribution in [2.24, 2.45) is 0 Å². The predicted octanol–water partition coefficient (Wildman–Crippen LogP) is 7.24. The first-order chi connectivity index (χ1) is 21.2. The first-order valence-electron chi connectivity index (χ1n) is 14.2. The third kappa shape index (κ3) is 7.64. The fourth-order valence-corrected chi connectivity index (χ4v) is 6.45. The SMILES string of the molecule is CCCS(=O)(=O)CCOCCC1(c2cc3c(Nc4ccc(OCc5cccc(F)c5)c(Cl)c4)ncnc3cc2F)CC=CO1. The number of hydrogen-bond acceptors (Lipinski definition) is 8. The molecular formula is C32H32ClF2N3O5S. The number of sulfone groups is 1. The van der Waals surface area contributed by atoms with Crippen molar-refractivity contribution in [3.05, 3.63) is 101 Å². The zero-order valence-electron chi connectivity index (χ0n) is 24.1. The van der Waals surface area contributed by atoms with E-state index in [2.05, 4.69) is 15.3 Å². The standard InChI is InChI=1S/C32H32ClF2N3O5S/c1-2-14-44(39,40)15-13-41-12-10-32(9-4-11-43-32)26-18-25-29(19-28(26)35)36-21-37-31(25)38-24-7-8-30(27(33)17-24)42-20-22-5-3-6-23(34)16-22/h3-8,11,16-19,21H,2,9-10,12-15,20H2,1H3,(H,36,37,38). The lowest BCUT2D eigenvalue weighted by molar-refractivity contribution is 0.000269. The normalized spacial score (nSPS) is 16.3. The maximum absolute atomic E-state index is 15.5. The minimum absolute atomic E-state index is 0.0607. The highest BCUT2D eigenvalue weighted by Crippen LogP contribution is 2.41. The first-order valence-corrected chi connectivity index (χ1v) is 16.4. The Hall–Kier alpha value is -3.80. The Balaban J connectivity index is 1.32. The number of hydrogen-bond donors (Lipinski definition) is 1. The van der Waals surface area contributed by atoms with Gasteiger partial charge in [-0.25, -0.2) is 27.2 Å². The Bertz CT molecular complexity index is 1760. The Morgan fingerprint density at radius 3 is 2.68 bits per heavy atom. The fourth-order valence-electron chi connectivity index (χ4n) is 5.02. The van der Waals surface area contributed by atoms with Gasteiger partial charge in [0.25, 0.3) is 0 Å². The van der Waals surface area contributed by atoms with Crippen molar-refractivity contribution in [1.82, 2.24) is 9.97 Å². The van der Waals surface area contributed by atoms with Crippen molar-refractivity contribution in [2.75, 3.05) is 30.0 Å². The van der Waals surface area contributed by atoms with Crippen LogP contribution in [0.3, 0.4) is 0 Å². The molecule has 5 rings (SSSR count). The van der Waals surface area contributed by atoms with E-state index in [1.165, 1.54) is 30.8 Å². The van der Waals surface area contributed by atoms with Crippen molar-refractivity contribution in [3.8, 4) is 5.75 Å². The van der Waals surface area contributed by atoms with Crippen LogP contribution in [0, 0.1) is 11.6 Å². The predicted molar refractivity (Wildman–Crippen MR) is 166 cm³/mol. The van der Waals surface area contributed by atoms with Crippen molar-refractivity contribution < 1.29 is 31.4 Å². The Morgan fingerprint density at radius 2 is 1.93 bits per heavy atom. The number of halogens is 3. The van der Waals surface area contributed by atoms with Gasteiger partial charge >= 0.3 is 0 Å². The van der Waals surface area contributed by atoms with E-state index in [9.17, 15) is 12.8 Å². The zero-order valence-corrected chi connectivity index (χ0v) is 25.6. The lowest BCUT2D eigenvalue weighted by atomic mass is 9.87. The number of fused-ring (bicyclic) bond motifs is 1. The molecule has 0 spiro atoms. The van der Waals surface area contributed by atoms with Gasteiger partial charge in [0, 0.05) is 41.3 Å². The Morgan fingerprint density at radius 1 is 1.07 bits per heavy atom. The van der Waals surface area contributed by atoms with Crippen LogP contribution >= 0.6 is 11.6 Å². The van der Waals surface area contributed by atoms with E-state index in [0.29, 0.717) is 63.6 Å². The summed E-state index contributed by atoms with van der Waals surface area (Å²) in [5, 5.41) is 4.13. The molecule has 1 aliphatic heterocycles. The van der Waals surface area contributed by atoms with Gasteiger partial charge in [-0.1, -0.05) is 30.7 Å². The van der Waals surface area contributed by atoms with Crippen LogP contribution in [0.1, 0.15) is 37.3 Å². The van der Waals surface area contributed by atoms with Gasteiger partial charge in [-0.05, 0) is 54.5 Å². The molecule has 2 heterocycles. The summed E-state index contributed by atoms with van der Waals surface area (Å²) in [5.41, 5.74) is 0.957. The minimum atomic E-state index is -3.16. The monoisotopic (exact) mass is 643 g/mol. The second-order valence-electron chi connectivity index (χ2n) is 10.5. The Kier molecular flexibility index (Phi) is 9.97. The van der Waals surface area contributed by atoms with E-state index in [1.54, 1.807) is 36.4 Å². The summed E-state index contributed by atoms with van der Waals surface area (Å²) in [7, 11) is -3.16. The van der Waals surface area contributed by atoms with Gasteiger partial charge < -0.3 is 19.5 Å². The first kappa shape index (κ1) is 31.6. The molecule has 1 atom stereocenters. The molecule has 1 aromatic heterocycles. The molecule has 44 heavy (non-hydrogen) atoms. The highest BCUT2D eigenvalue weighted by Gasteiger charge is 2.38. The molecule has 1 unspecified atom stereocenters. The third-order valence-electron chi connectivity index (χ3n) is 7.23. The molecule has 12 heteroatoms. The number of anilines is 2. The van der Waals surface area contributed by atoms with Gasteiger partial charge in [-0.3, -0.25) is 0 Å². The van der Waals surface area contributed by atoms with E-state index < -0.39 is 21.3 Å². The molecule has 4 aromatic rings. The van der Waals surface area contributed by atoms with Crippen molar-refractivity contribution >= 4 is 43.8 Å². The van der Waals surface area contributed by atoms with E-state index in [-0.39, 0.29) is 37.1 Å². The minimum Gasteiger partial charge on any atom is -0.490 e. The summed E-state index contributed by atoms with van der Waals surface area (Å²) >= 11 is 6.48. The number of benzene rings is 3. The summed E-state index contributed by atoms with van der Waals surface area (Å²) in [6, 6.07) is 14.3. The second kappa shape index (κ2) is 13.9. The number of nitrogens with one attached hydrogen (secondary N) is 1. The summed E-state index contributed by atoms with van der Waals surface area (Å²) < 4.78 is 70.4. The molecule has 0 saturated carbocycles. The van der Waals surface area contributed by atoms with Gasteiger partial charge in [0.15, 0.2) is 9.84 Å². The molecule has 232 valence electrons. The van der Waals surface area contributed by atoms with Gasteiger partial charge in [-0.2, -0.15) is 0 Å². The fraction of sp³-hybridized carbons (Fsp3) is 0.312. The van der Waals surface area contributed by atoms with Crippen LogP contribution < -0.4 is 10.1 Å². The van der Waals surface area contributed by atoms with Crippen LogP contribution in [0.4, 0.5) is 20.3 Å². The molecule has 1 aliphatic rings. The quantitative estimate of drug-likeness (QED) is 0.144. The van der Waals surface area contributed by atoms with Crippen LogP contribution in [-0.2, 0) is 31.5 Å².